The topological polar surface area (TPSA) is 62.5 Å². The smallest absolute Gasteiger partial charge is 0.264 e. The molecule has 5 nitrogen and oxygen atoms in total. The molecule has 2 N–H and O–H groups in total. The number of carbonyl (C=O) groups is 1. The van der Waals surface area contributed by atoms with Crippen LogP contribution in [0.3, 0.4) is 0 Å². The summed E-state index contributed by atoms with van der Waals surface area (Å²) in [5.41, 5.74) is 7.59. The first-order valence-corrected chi connectivity index (χ1v) is 7.83. The van der Waals surface area contributed by atoms with E-state index in [0.29, 0.717) is 28.0 Å². The van der Waals surface area contributed by atoms with Crippen LogP contribution in [0.1, 0.15) is 9.67 Å². The predicted molar refractivity (Wildman–Crippen MR) is 86.1 cm³/mol. The number of halogens is 1. The highest BCUT2D eigenvalue weighted by Gasteiger charge is 2.24. The molecule has 1 aliphatic rings. The third-order valence-electron chi connectivity index (χ3n) is 3.52. The van der Waals surface area contributed by atoms with Crippen molar-refractivity contribution in [1.82, 2.24) is 9.88 Å². The Morgan fingerprint density at radius 2 is 2.00 bits per heavy atom. The molecule has 7 heteroatoms. The number of nitrogens with two attached hydrogens (primary N) is 1. The zero-order valence-corrected chi connectivity index (χ0v) is 12.9. The van der Waals surface area contributed by atoms with Gasteiger partial charge in [-0.25, -0.2) is 0 Å². The highest BCUT2D eigenvalue weighted by molar-refractivity contribution is 7.17. The zero-order valence-electron chi connectivity index (χ0n) is 11.3. The number of pyridine rings is 1. The molecule has 0 atom stereocenters. The van der Waals surface area contributed by atoms with Gasteiger partial charge in [-0.05, 0) is 18.2 Å². The van der Waals surface area contributed by atoms with Crippen molar-refractivity contribution in [2.75, 3.05) is 36.8 Å². The summed E-state index contributed by atoms with van der Waals surface area (Å²) in [5.74, 6) is 0.0502. The average Bonchev–Trinajstić information content (AvgIpc) is 2.94. The van der Waals surface area contributed by atoms with Crippen LogP contribution in [0.25, 0.3) is 0 Å². The second kappa shape index (κ2) is 5.91. The third kappa shape index (κ3) is 2.96. The molecule has 1 amide bonds. The predicted octanol–water partition coefficient (Wildman–Crippen LogP) is 2.34. The van der Waals surface area contributed by atoms with Gasteiger partial charge in [0.15, 0.2) is 0 Å². The molecule has 0 saturated carbocycles. The second-order valence-electron chi connectivity index (χ2n) is 4.82. The number of carbonyl (C=O) groups excluding carboxylic acids is 1. The van der Waals surface area contributed by atoms with E-state index in [1.54, 1.807) is 24.5 Å². The first kappa shape index (κ1) is 14.2. The Bertz CT molecular complexity index is 652. The number of hydrogen-bond acceptors (Lipinski definition) is 5. The van der Waals surface area contributed by atoms with Gasteiger partial charge in [0.1, 0.15) is 0 Å². The molecular formula is C14H15ClN4OS. The minimum Gasteiger partial charge on any atom is -0.396 e. The van der Waals surface area contributed by atoms with E-state index >= 15 is 0 Å². The average molecular weight is 323 g/mol. The van der Waals surface area contributed by atoms with Crippen molar-refractivity contribution in [1.29, 1.82) is 0 Å². The number of aromatic nitrogens is 1. The number of nitrogens with zero attached hydrogens (tertiary/aromatic N) is 3. The Labute approximate surface area is 131 Å². The van der Waals surface area contributed by atoms with E-state index in [0.717, 1.165) is 18.8 Å². The Balaban J connectivity index is 1.65. The van der Waals surface area contributed by atoms with Gasteiger partial charge in [-0.1, -0.05) is 11.6 Å². The maximum Gasteiger partial charge on any atom is 0.264 e. The fraction of sp³-hybridized carbons (Fsp3) is 0.286. The van der Waals surface area contributed by atoms with Gasteiger partial charge in [-0.15, -0.1) is 11.3 Å². The summed E-state index contributed by atoms with van der Waals surface area (Å²) < 4.78 is 0.640. The van der Waals surface area contributed by atoms with Crippen molar-refractivity contribution in [3.8, 4) is 0 Å². The molecule has 0 aliphatic carbocycles. The first-order valence-electron chi connectivity index (χ1n) is 6.64. The largest absolute Gasteiger partial charge is 0.396 e. The van der Waals surface area contributed by atoms with Crippen LogP contribution < -0.4 is 10.6 Å². The maximum atomic E-state index is 12.3. The quantitative estimate of drug-likeness (QED) is 0.922. The molecule has 0 bridgehead atoms. The van der Waals surface area contributed by atoms with E-state index < -0.39 is 0 Å². The van der Waals surface area contributed by atoms with Crippen molar-refractivity contribution >= 4 is 40.2 Å². The highest BCUT2D eigenvalue weighted by atomic mass is 35.5. The molecular weight excluding hydrogens is 308 g/mol. The van der Waals surface area contributed by atoms with Crippen molar-refractivity contribution in [3.63, 3.8) is 0 Å². The number of nitrogen functional groups attached to an aromatic ring is 1. The number of amides is 1. The summed E-state index contributed by atoms with van der Waals surface area (Å²) in [5, 5.41) is 0. The summed E-state index contributed by atoms with van der Waals surface area (Å²) in [6, 6.07) is 5.45. The van der Waals surface area contributed by atoms with Crippen LogP contribution in [0, 0.1) is 0 Å². The Hall–Kier alpha value is -1.79. The first-order chi connectivity index (χ1) is 10.1. The van der Waals surface area contributed by atoms with E-state index in [9.17, 15) is 4.79 Å². The molecule has 2 aromatic rings. The zero-order chi connectivity index (χ0) is 14.8. The summed E-state index contributed by atoms with van der Waals surface area (Å²) in [7, 11) is 0. The van der Waals surface area contributed by atoms with E-state index in [-0.39, 0.29) is 5.91 Å². The number of anilines is 2. The van der Waals surface area contributed by atoms with Crippen LogP contribution in [0.15, 0.2) is 30.6 Å². The minimum absolute atomic E-state index is 0.0502. The summed E-state index contributed by atoms with van der Waals surface area (Å²) >= 11 is 7.21. The van der Waals surface area contributed by atoms with Crippen molar-refractivity contribution in [2.24, 2.45) is 0 Å². The summed E-state index contributed by atoms with van der Waals surface area (Å²) in [6.45, 7) is 2.88. The van der Waals surface area contributed by atoms with Gasteiger partial charge < -0.3 is 15.5 Å². The highest BCUT2D eigenvalue weighted by Crippen LogP contribution is 2.25. The Morgan fingerprint density at radius 3 is 2.62 bits per heavy atom. The lowest BCUT2D eigenvalue weighted by atomic mass is 10.2. The van der Waals surface area contributed by atoms with Crippen LogP contribution >= 0.6 is 22.9 Å². The lowest BCUT2D eigenvalue weighted by Gasteiger charge is -2.36. The van der Waals surface area contributed by atoms with Gasteiger partial charge >= 0.3 is 0 Å². The molecule has 0 radical (unpaired) electrons. The van der Waals surface area contributed by atoms with E-state index in [4.69, 9.17) is 17.3 Å². The third-order valence-corrected chi connectivity index (χ3v) is 4.74. The monoisotopic (exact) mass is 322 g/mol. The molecule has 0 unspecified atom stereocenters. The molecule has 110 valence electrons. The van der Waals surface area contributed by atoms with Crippen LogP contribution in [-0.2, 0) is 0 Å². The molecule has 1 aliphatic heterocycles. The molecule has 0 aromatic carbocycles. The van der Waals surface area contributed by atoms with Gasteiger partial charge in [0.05, 0.1) is 26.8 Å². The molecule has 0 spiro atoms. The SMILES string of the molecule is Nc1cnccc1N1CCN(C(=O)c2ccc(Cl)s2)CC1. The van der Waals surface area contributed by atoms with Crippen LogP contribution in [0.2, 0.25) is 4.34 Å². The standard InChI is InChI=1S/C14H15ClN4OS/c15-13-2-1-12(21-13)14(20)19-7-5-18(6-8-19)11-3-4-17-9-10(11)16/h1-4,9H,5-8,16H2. The number of thiophene rings is 1. The van der Waals surface area contributed by atoms with E-state index in [1.165, 1.54) is 11.3 Å². The fourth-order valence-electron chi connectivity index (χ4n) is 2.42. The second-order valence-corrected chi connectivity index (χ2v) is 6.53. The lowest BCUT2D eigenvalue weighted by molar-refractivity contribution is 0.0751. The fourth-order valence-corrected chi connectivity index (χ4v) is 3.43. The van der Waals surface area contributed by atoms with Crippen LogP contribution in [-0.4, -0.2) is 42.0 Å². The van der Waals surface area contributed by atoms with Gasteiger partial charge in [-0.3, -0.25) is 9.78 Å². The van der Waals surface area contributed by atoms with Crippen molar-refractivity contribution in [3.05, 3.63) is 39.8 Å². The number of rotatable bonds is 2. The van der Waals surface area contributed by atoms with E-state index in [1.807, 2.05) is 11.0 Å². The van der Waals surface area contributed by atoms with E-state index in [2.05, 4.69) is 9.88 Å². The molecule has 3 heterocycles. The van der Waals surface area contributed by atoms with Crippen LogP contribution in [0.4, 0.5) is 11.4 Å². The Kier molecular flexibility index (Phi) is 3.98. The summed E-state index contributed by atoms with van der Waals surface area (Å²) in [6.07, 6.45) is 3.39. The van der Waals surface area contributed by atoms with Gasteiger partial charge in [0.25, 0.3) is 5.91 Å². The molecule has 2 aromatic heterocycles. The lowest BCUT2D eigenvalue weighted by Crippen LogP contribution is -2.48. The van der Waals surface area contributed by atoms with Crippen LogP contribution in [0.5, 0.6) is 0 Å². The number of hydrogen-bond donors (Lipinski definition) is 1. The van der Waals surface area contributed by atoms with Gasteiger partial charge in [0.2, 0.25) is 0 Å². The molecule has 1 fully saturated rings. The molecule has 21 heavy (non-hydrogen) atoms. The normalized spacial score (nSPS) is 15.3. The van der Waals surface area contributed by atoms with Gasteiger partial charge in [0, 0.05) is 32.4 Å². The molecule has 3 rings (SSSR count). The van der Waals surface area contributed by atoms with Crippen molar-refractivity contribution in [2.45, 2.75) is 0 Å². The van der Waals surface area contributed by atoms with Gasteiger partial charge in [-0.2, -0.15) is 0 Å². The summed E-state index contributed by atoms with van der Waals surface area (Å²) in [4.78, 5) is 21.1. The number of piperazine rings is 1. The molecule has 1 saturated heterocycles. The maximum absolute atomic E-state index is 12.3. The Morgan fingerprint density at radius 1 is 1.24 bits per heavy atom. The minimum atomic E-state index is 0.0502. The van der Waals surface area contributed by atoms with Crippen molar-refractivity contribution < 1.29 is 4.79 Å².